The Hall–Kier alpha value is -0.430. The van der Waals surface area contributed by atoms with Gasteiger partial charge < -0.3 is 4.74 Å². The van der Waals surface area contributed by atoms with Gasteiger partial charge in [0, 0.05) is 11.0 Å². The first kappa shape index (κ1) is 14.5. The highest BCUT2D eigenvalue weighted by Crippen LogP contribution is 2.34. The molecule has 4 nitrogen and oxygen atoms in total. The van der Waals surface area contributed by atoms with Crippen LogP contribution < -0.4 is 0 Å². The monoisotopic (exact) mass is 359 g/mol. The topological polar surface area (TPSA) is 46.6 Å². The second-order valence-electron chi connectivity index (χ2n) is 5.43. The fraction of sp³-hybridized carbons (Fsp3) is 0.571. The van der Waals surface area contributed by atoms with E-state index in [1.807, 2.05) is 6.92 Å². The molecule has 0 aromatic heterocycles. The first-order valence-corrected chi connectivity index (χ1v) is 9.13. The second kappa shape index (κ2) is 5.40. The van der Waals surface area contributed by atoms with E-state index >= 15 is 0 Å². The zero-order chi connectivity index (χ0) is 14.3. The largest absolute Gasteiger partial charge is 0.375 e. The van der Waals surface area contributed by atoms with Gasteiger partial charge in [0.25, 0.3) is 0 Å². The van der Waals surface area contributed by atoms with E-state index in [0.29, 0.717) is 18.0 Å². The molecule has 1 saturated carbocycles. The van der Waals surface area contributed by atoms with Crippen LogP contribution in [-0.4, -0.2) is 38.0 Å². The molecule has 3 rings (SSSR count). The predicted molar refractivity (Wildman–Crippen MR) is 80.1 cm³/mol. The molecule has 110 valence electrons. The van der Waals surface area contributed by atoms with E-state index < -0.39 is 10.0 Å². The molecule has 0 amide bonds. The number of morpholine rings is 1. The third kappa shape index (κ3) is 2.43. The van der Waals surface area contributed by atoms with Crippen LogP contribution in [0.5, 0.6) is 0 Å². The number of fused-ring (bicyclic) bond motifs is 1. The van der Waals surface area contributed by atoms with Crippen molar-refractivity contribution in [1.29, 1.82) is 0 Å². The summed E-state index contributed by atoms with van der Waals surface area (Å²) in [4.78, 5) is 0.380. The maximum Gasteiger partial charge on any atom is 0.243 e. The molecule has 0 spiro atoms. The molecule has 20 heavy (non-hydrogen) atoms. The lowest BCUT2D eigenvalue weighted by molar-refractivity contribution is -0.0241. The smallest absolute Gasteiger partial charge is 0.243 e. The Labute approximate surface area is 128 Å². The Balaban J connectivity index is 1.96. The summed E-state index contributed by atoms with van der Waals surface area (Å²) in [6.45, 7) is 2.86. The summed E-state index contributed by atoms with van der Waals surface area (Å²) >= 11 is 3.41. The van der Waals surface area contributed by atoms with Crippen molar-refractivity contribution in [2.75, 3.05) is 13.2 Å². The minimum atomic E-state index is -3.42. The zero-order valence-corrected chi connectivity index (χ0v) is 13.8. The molecule has 2 atom stereocenters. The first-order chi connectivity index (χ1) is 9.50. The highest BCUT2D eigenvalue weighted by Gasteiger charge is 2.42. The normalized spacial score (nSPS) is 27.5. The Morgan fingerprint density at radius 3 is 2.90 bits per heavy atom. The van der Waals surface area contributed by atoms with Crippen LogP contribution in [0.3, 0.4) is 0 Å². The van der Waals surface area contributed by atoms with E-state index in [0.717, 1.165) is 29.3 Å². The van der Waals surface area contributed by atoms with Gasteiger partial charge in [-0.05, 0) is 49.9 Å². The maximum atomic E-state index is 12.8. The molecular weight excluding hydrogens is 342 g/mol. The van der Waals surface area contributed by atoms with Gasteiger partial charge in [-0.25, -0.2) is 8.42 Å². The molecule has 1 aliphatic heterocycles. The summed E-state index contributed by atoms with van der Waals surface area (Å²) < 4.78 is 34.0. The van der Waals surface area contributed by atoms with Gasteiger partial charge in [0.1, 0.15) is 0 Å². The first-order valence-electron chi connectivity index (χ1n) is 6.90. The van der Waals surface area contributed by atoms with E-state index in [-0.39, 0.29) is 12.1 Å². The average Bonchev–Trinajstić information content (AvgIpc) is 2.89. The number of benzene rings is 1. The summed E-state index contributed by atoms with van der Waals surface area (Å²) in [5, 5.41) is 0. The molecule has 2 unspecified atom stereocenters. The van der Waals surface area contributed by atoms with E-state index in [9.17, 15) is 8.42 Å². The summed E-state index contributed by atoms with van der Waals surface area (Å²) in [7, 11) is -3.42. The van der Waals surface area contributed by atoms with Gasteiger partial charge in [0.15, 0.2) is 0 Å². The van der Waals surface area contributed by atoms with Crippen molar-refractivity contribution in [3.8, 4) is 0 Å². The third-order valence-electron chi connectivity index (χ3n) is 4.17. The molecule has 1 aromatic carbocycles. The number of sulfonamides is 1. The number of nitrogens with zero attached hydrogens (tertiary/aromatic N) is 1. The van der Waals surface area contributed by atoms with Gasteiger partial charge in [-0.1, -0.05) is 15.9 Å². The Bertz CT molecular complexity index is 617. The fourth-order valence-corrected chi connectivity index (χ4v) is 5.10. The summed E-state index contributed by atoms with van der Waals surface area (Å²) in [5.74, 6) is 0. The quantitative estimate of drug-likeness (QED) is 0.815. The Kier molecular flexibility index (Phi) is 3.92. The molecular formula is C14H18BrNO3S. The van der Waals surface area contributed by atoms with Crippen LogP contribution in [0.25, 0.3) is 0 Å². The van der Waals surface area contributed by atoms with Crippen molar-refractivity contribution in [3.63, 3.8) is 0 Å². The van der Waals surface area contributed by atoms with E-state index in [1.165, 1.54) is 0 Å². The molecule has 2 aliphatic rings. The highest BCUT2D eigenvalue weighted by atomic mass is 79.9. The number of hydrogen-bond acceptors (Lipinski definition) is 3. The average molecular weight is 360 g/mol. The van der Waals surface area contributed by atoms with Crippen LogP contribution in [-0.2, 0) is 14.8 Å². The summed E-state index contributed by atoms with van der Waals surface area (Å²) in [6.07, 6.45) is 2.99. The maximum absolute atomic E-state index is 12.8. The van der Waals surface area contributed by atoms with Crippen LogP contribution in [0.1, 0.15) is 24.8 Å². The van der Waals surface area contributed by atoms with Crippen molar-refractivity contribution in [2.45, 2.75) is 43.2 Å². The molecule has 1 aliphatic carbocycles. The van der Waals surface area contributed by atoms with Crippen molar-refractivity contribution in [3.05, 3.63) is 28.2 Å². The van der Waals surface area contributed by atoms with Crippen molar-refractivity contribution in [1.82, 2.24) is 4.31 Å². The number of rotatable bonds is 2. The van der Waals surface area contributed by atoms with Gasteiger partial charge in [0.2, 0.25) is 10.0 Å². The van der Waals surface area contributed by atoms with Crippen LogP contribution in [0, 0.1) is 6.92 Å². The van der Waals surface area contributed by atoms with Crippen molar-refractivity contribution in [2.24, 2.45) is 0 Å². The standard InChI is InChI=1S/C14H18BrNO3S/c1-10-9-11(5-6-12(10)15)20(17,18)16-7-8-19-14-4-2-3-13(14)16/h5-6,9,13-14H,2-4,7-8H2,1H3. The minimum absolute atomic E-state index is 0.0118. The lowest BCUT2D eigenvalue weighted by Crippen LogP contribution is -2.51. The van der Waals surface area contributed by atoms with Crippen LogP contribution in [0.2, 0.25) is 0 Å². The number of aryl methyl sites for hydroxylation is 1. The van der Waals surface area contributed by atoms with E-state index in [4.69, 9.17) is 4.74 Å². The van der Waals surface area contributed by atoms with Gasteiger partial charge in [-0.3, -0.25) is 0 Å². The van der Waals surface area contributed by atoms with Crippen LogP contribution in [0.15, 0.2) is 27.6 Å². The zero-order valence-electron chi connectivity index (χ0n) is 11.4. The lowest BCUT2D eigenvalue weighted by atomic mass is 10.2. The SMILES string of the molecule is Cc1cc(S(=O)(=O)N2CCOC3CCCC32)ccc1Br. The summed E-state index contributed by atoms with van der Waals surface area (Å²) in [6, 6.07) is 5.22. The molecule has 1 heterocycles. The van der Waals surface area contributed by atoms with Gasteiger partial charge in [-0.2, -0.15) is 4.31 Å². The highest BCUT2D eigenvalue weighted by molar-refractivity contribution is 9.10. The van der Waals surface area contributed by atoms with Crippen molar-refractivity contribution >= 4 is 26.0 Å². The Morgan fingerprint density at radius 1 is 1.35 bits per heavy atom. The van der Waals surface area contributed by atoms with E-state index in [2.05, 4.69) is 15.9 Å². The molecule has 0 bridgehead atoms. The molecule has 0 N–H and O–H groups in total. The third-order valence-corrected chi connectivity index (χ3v) is 6.98. The molecule has 6 heteroatoms. The van der Waals surface area contributed by atoms with Gasteiger partial charge in [-0.15, -0.1) is 0 Å². The number of ether oxygens (including phenoxy) is 1. The van der Waals surface area contributed by atoms with E-state index in [1.54, 1.807) is 22.5 Å². The predicted octanol–water partition coefficient (Wildman–Crippen LogP) is 2.70. The molecule has 0 radical (unpaired) electrons. The minimum Gasteiger partial charge on any atom is -0.375 e. The van der Waals surface area contributed by atoms with Crippen LogP contribution >= 0.6 is 15.9 Å². The molecule has 2 fully saturated rings. The van der Waals surface area contributed by atoms with Gasteiger partial charge in [0.05, 0.1) is 23.6 Å². The fourth-order valence-electron chi connectivity index (χ4n) is 3.10. The number of hydrogen-bond donors (Lipinski definition) is 0. The second-order valence-corrected chi connectivity index (χ2v) is 8.18. The van der Waals surface area contributed by atoms with Gasteiger partial charge >= 0.3 is 0 Å². The van der Waals surface area contributed by atoms with Crippen LogP contribution in [0.4, 0.5) is 0 Å². The Morgan fingerprint density at radius 2 is 2.15 bits per heavy atom. The number of halogens is 1. The lowest BCUT2D eigenvalue weighted by Gasteiger charge is -2.36. The van der Waals surface area contributed by atoms with Crippen molar-refractivity contribution < 1.29 is 13.2 Å². The molecule has 1 saturated heterocycles. The summed E-state index contributed by atoms with van der Waals surface area (Å²) in [5.41, 5.74) is 0.933. The molecule has 1 aromatic rings.